The van der Waals surface area contributed by atoms with Gasteiger partial charge in [-0.25, -0.2) is 0 Å². The maximum Gasteiger partial charge on any atom is 0.0283 e. The van der Waals surface area contributed by atoms with Gasteiger partial charge in [0.2, 0.25) is 0 Å². The summed E-state index contributed by atoms with van der Waals surface area (Å²) in [5.41, 5.74) is 9.81. The summed E-state index contributed by atoms with van der Waals surface area (Å²) in [6.07, 6.45) is 19.0. The van der Waals surface area contributed by atoms with E-state index in [0.717, 1.165) is 35.5 Å². The van der Waals surface area contributed by atoms with E-state index in [1.165, 1.54) is 77.0 Å². The van der Waals surface area contributed by atoms with Crippen molar-refractivity contribution >= 4 is 0 Å². The molecule has 4 aliphatic rings. The van der Waals surface area contributed by atoms with Crippen LogP contribution in [0.3, 0.4) is 0 Å². The maximum atomic E-state index is 8.53. The highest BCUT2D eigenvalue weighted by atomic mass is 15.1. The molecule has 4 rings (SSSR count). The van der Waals surface area contributed by atoms with Crippen LogP contribution >= 0.6 is 0 Å². The van der Waals surface area contributed by atoms with Gasteiger partial charge < -0.3 is 0 Å². The van der Waals surface area contributed by atoms with Crippen LogP contribution in [0.25, 0.3) is 10.4 Å². The van der Waals surface area contributed by atoms with Crippen molar-refractivity contribution in [1.29, 1.82) is 0 Å². The van der Waals surface area contributed by atoms with Crippen molar-refractivity contribution in [3.8, 4) is 0 Å². The van der Waals surface area contributed by atoms with Gasteiger partial charge in [0, 0.05) is 11.5 Å². The number of fused-ring (bicyclic) bond motifs is 5. The van der Waals surface area contributed by atoms with Gasteiger partial charge in [0.15, 0.2) is 0 Å². The van der Waals surface area contributed by atoms with E-state index in [1.54, 1.807) is 6.42 Å². The van der Waals surface area contributed by atoms with Crippen LogP contribution < -0.4 is 0 Å². The van der Waals surface area contributed by atoms with E-state index in [9.17, 15) is 0 Å². The molecule has 0 N–H and O–H groups in total. The van der Waals surface area contributed by atoms with Crippen molar-refractivity contribution in [2.24, 2.45) is 57.4 Å². The SMILES string of the molecule is CC(CCC[C@@H](C)[C@H]1CC[C@H]2[C@@H]3CC[C@H]4CCCC[C@]4(C)[C@H]3CC[C@]12C)CN=[N+]=[N-]. The van der Waals surface area contributed by atoms with Crippen LogP contribution in [0, 0.1) is 52.3 Å². The first-order valence-electron chi connectivity index (χ1n) is 13.4. The molecule has 3 nitrogen and oxygen atoms in total. The molecule has 170 valence electrons. The summed E-state index contributed by atoms with van der Waals surface area (Å²) >= 11 is 0. The lowest BCUT2D eigenvalue weighted by Crippen LogP contribution is -2.53. The summed E-state index contributed by atoms with van der Waals surface area (Å²) in [7, 11) is 0. The molecular formula is C27H47N3. The van der Waals surface area contributed by atoms with Crippen LogP contribution in [0.15, 0.2) is 5.11 Å². The minimum absolute atomic E-state index is 0.530. The lowest BCUT2D eigenvalue weighted by molar-refractivity contribution is -0.114. The molecule has 0 radical (unpaired) electrons. The Kier molecular flexibility index (Phi) is 6.79. The molecule has 1 unspecified atom stereocenters. The van der Waals surface area contributed by atoms with Gasteiger partial charge in [-0.2, -0.15) is 0 Å². The van der Waals surface area contributed by atoms with Crippen molar-refractivity contribution in [2.75, 3.05) is 6.54 Å². The van der Waals surface area contributed by atoms with E-state index in [4.69, 9.17) is 5.53 Å². The van der Waals surface area contributed by atoms with Gasteiger partial charge in [-0.15, -0.1) is 0 Å². The third kappa shape index (κ3) is 3.94. The number of nitrogens with zero attached hydrogens (tertiary/aromatic N) is 3. The smallest absolute Gasteiger partial charge is 0.0283 e. The van der Waals surface area contributed by atoms with Crippen LogP contribution in [0.4, 0.5) is 0 Å². The predicted octanol–water partition coefficient (Wildman–Crippen LogP) is 8.79. The monoisotopic (exact) mass is 413 g/mol. The topological polar surface area (TPSA) is 48.8 Å². The van der Waals surface area contributed by atoms with Crippen molar-refractivity contribution < 1.29 is 0 Å². The molecule has 4 aliphatic carbocycles. The quantitative estimate of drug-likeness (QED) is 0.227. The molecule has 0 aromatic heterocycles. The highest BCUT2D eigenvalue weighted by Gasteiger charge is 2.59. The molecular weight excluding hydrogens is 366 g/mol. The first-order valence-corrected chi connectivity index (χ1v) is 13.4. The van der Waals surface area contributed by atoms with Crippen LogP contribution in [0.1, 0.15) is 111 Å². The minimum atomic E-state index is 0.530. The zero-order valence-corrected chi connectivity index (χ0v) is 20.3. The molecule has 0 heterocycles. The molecule has 0 aromatic rings. The Bertz CT molecular complexity index is 640. The van der Waals surface area contributed by atoms with Gasteiger partial charge in [0.1, 0.15) is 0 Å². The number of rotatable bonds is 7. The largest absolute Gasteiger partial charge is 0.0937 e. The Labute approximate surface area is 185 Å². The second-order valence-electron chi connectivity index (χ2n) is 12.6. The molecule has 0 saturated heterocycles. The summed E-state index contributed by atoms with van der Waals surface area (Å²) in [5, 5.41) is 3.77. The first kappa shape index (κ1) is 22.5. The fourth-order valence-corrected chi connectivity index (χ4v) is 9.53. The number of hydrogen-bond acceptors (Lipinski definition) is 1. The summed E-state index contributed by atoms with van der Waals surface area (Å²) < 4.78 is 0. The van der Waals surface area contributed by atoms with Gasteiger partial charge in [-0.05, 0) is 109 Å². The molecule has 3 heteroatoms. The second-order valence-corrected chi connectivity index (χ2v) is 12.6. The molecule has 30 heavy (non-hydrogen) atoms. The average molecular weight is 414 g/mol. The first-order chi connectivity index (χ1) is 14.4. The molecule has 0 bridgehead atoms. The normalized spacial score (nSPS) is 44.9. The molecule has 0 aliphatic heterocycles. The fourth-order valence-electron chi connectivity index (χ4n) is 9.53. The zero-order chi connectivity index (χ0) is 21.4. The Morgan fingerprint density at radius 3 is 2.50 bits per heavy atom. The third-order valence-electron chi connectivity index (χ3n) is 11.2. The molecule has 0 spiro atoms. The van der Waals surface area contributed by atoms with Gasteiger partial charge >= 0.3 is 0 Å². The fraction of sp³-hybridized carbons (Fsp3) is 1.00. The van der Waals surface area contributed by atoms with E-state index in [-0.39, 0.29) is 0 Å². The summed E-state index contributed by atoms with van der Waals surface area (Å²) in [5.74, 6) is 6.43. The van der Waals surface area contributed by atoms with E-state index < -0.39 is 0 Å². The van der Waals surface area contributed by atoms with Crippen LogP contribution in [-0.2, 0) is 0 Å². The Hall–Kier alpha value is -0.690. The predicted molar refractivity (Wildman–Crippen MR) is 126 cm³/mol. The van der Waals surface area contributed by atoms with Crippen molar-refractivity contribution in [3.63, 3.8) is 0 Å². The maximum absolute atomic E-state index is 8.53. The highest BCUT2D eigenvalue weighted by molar-refractivity contribution is 5.09. The van der Waals surface area contributed by atoms with Gasteiger partial charge in [0.25, 0.3) is 0 Å². The van der Waals surface area contributed by atoms with Gasteiger partial charge in [-0.1, -0.05) is 64.9 Å². The summed E-state index contributed by atoms with van der Waals surface area (Å²) in [6.45, 7) is 10.9. The molecule has 0 amide bonds. The van der Waals surface area contributed by atoms with Gasteiger partial charge in [-0.3, -0.25) is 0 Å². The summed E-state index contributed by atoms with van der Waals surface area (Å²) in [6, 6.07) is 0. The number of hydrogen-bond donors (Lipinski definition) is 0. The standard InChI is InChI=1S/C27H47N3/c1-19(18-29-30-28)8-7-9-20(2)23-13-14-24-22-12-11-21-10-5-6-16-26(21,3)25(22)15-17-27(23,24)4/h19-25H,5-18H2,1-4H3/t19?,20-,21-,22+,23-,24+,25+,26+,27-/m1/s1. The summed E-state index contributed by atoms with van der Waals surface area (Å²) in [4.78, 5) is 2.92. The second kappa shape index (κ2) is 9.05. The van der Waals surface area contributed by atoms with Crippen molar-refractivity contribution in [3.05, 3.63) is 10.4 Å². The molecule has 9 atom stereocenters. The van der Waals surface area contributed by atoms with E-state index in [2.05, 4.69) is 37.7 Å². The van der Waals surface area contributed by atoms with Crippen molar-refractivity contribution in [2.45, 2.75) is 111 Å². The highest BCUT2D eigenvalue weighted by Crippen LogP contribution is 2.68. The number of azide groups is 1. The lowest BCUT2D eigenvalue weighted by Gasteiger charge is -2.61. The molecule has 4 saturated carbocycles. The Morgan fingerprint density at radius 2 is 1.70 bits per heavy atom. The van der Waals surface area contributed by atoms with E-state index in [1.807, 2.05) is 0 Å². The van der Waals surface area contributed by atoms with Crippen LogP contribution in [-0.4, -0.2) is 6.54 Å². The third-order valence-corrected chi connectivity index (χ3v) is 11.2. The van der Waals surface area contributed by atoms with Crippen LogP contribution in [0.5, 0.6) is 0 Å². The Balaban J connectivity index is 1.38. The van der Waals surface area contributed by atoms with Crippen LogP contribution in [0.2, 0.25) is 0 Å². The lowest BCUT2D eigenvalue weighted by atomic mass is 9.44. The minimum Gasteiger partial charge on any atom is -0.0937 e. The zero-order valence-electron chi connectivity index (χ0n) is 20.3. The van der Waals surface area contributed by atoms with E-state index >= 15 is 0 Å². The Morgan fingerprint density at radius 1 is 0.900 bits per heavy atom. The van der Waals surface area contributed by atoms with Gasteiger partial charge in [0.05, 0.1) is 0 Å². The molecule has 0 aromatic carbocycles. The average Bonchev–Trinajstić information content (AvgIpc) is 3.09. The molecule has 4 fully saturated rings. The van der Waals surface area contributed by atoms with Crippen molar-refractivity contribution in [1.82, 2.24) is 0 Å². The van der Waals surface area contributed by atoms with E-state index in [0.29, 0.717) is 23.3 Å².